The smallest absolute Gasteiger partial charge is 0.352 e. The van der Waals surface area contributed by atoms with Gasteiger partial charge in [-0.2, -0.15) is 0 Å². The van der Waals surface area contributed by atoms with Crippen LogP contribution in [0.3, 0.4) is 0 Å². The van der Waals surface area contributed by atoms with Crippen molar-refractivity contribution in [3.63, 3.8) is 0 Å². The molecule has 0 radical (unpaired) electrons. The van der Waals surface area contributed by atoms with E-state index < -0.39 is 29.2 Å². The van der Waals surface area contributed by atoms with E-state index in [2.05, 4.69) is 20.3 Å². The van der Waals surface area contributed by atoms with E-state index in [1.54, 1.807) is 5.38 Å². The Morgan fingerprint density at radius 3 is 2.92 bits per heavy atom. The first-order chi connectivity index (χ1) is 11.9. The summed E-state index contributed by atoms with van der Waals surface area (Å²) in [6.07, 6.45) is 1.47. The maximum absolute atomic E-state index is 12.5. The minimum absolute atomic E-state index is 0.0719. The number of aromatic nitrogens is 1. The fourth-order valence-corrected chi connectivity index (χ4v) is 4.18. The van der Waals surface area contributed by atoms with Crippen molar-refractivity contribution in [1.29, 1.82) is 0 Å². The van der Waals surface area contributed by atoms with Crippen LogP contribution in [0.15, 0.2) is 22.3 Å². The van der Waals surface area contributed by atoms with Crippen molar-refractivity contribution in [2.24, 2.45) is 5.16 Å². The number of rotatable bonds is 5. The molecule has 132 valence electrons. The number of carbonyl (C=O) groups is 3. The third-order valence-corrected chi connectivity index (χ3v) is 5.37. The molecule has 1 aromatic heterocycles. The number of oxime groups is 1. The summed E-state index contributed by atoms with van der Waals surface area (Å²) in [6, 6.07) is -0.849. The summed E-state index contributed by atoms with van der Waals surface area (Å²) in [5.41, 5.74) is 5.60. The second-order valence-electron chi connectivity index (χ2n) is 4.97. The summed E-state index contributed by atoms with van der Waals surface area (Å²) in [4.78, 5) is 45.7. The number of amides is 2. The highest BCUT2D eigenvalue weighted by molar-refractivity contribution is 8.00. The topological polar surface area (TPSA) is 147 Å². The first kappa shape index (κ1) is 17.2. The lowest BCUT2D eigenvalue weighted by molar-refractivity contribution is -0.150. The molecule has 25 heavy (non-hydrogen) atoms. The number of nitrogens with zero attached hydrogens (tertiary/aromatic N) is 3. The number of carboxylic acid groups (broad SMARTS) is 1. The molecule has 3 rings (SSSR count). The zero-order valence-electron chi connectivity index (χ0n) is 12.8. The van der Waals surface area contributed by atoms with Crippen LogP contribution in [0.1, 0.15) is 5.69 Å². The summed E-state index contributed by atoms with van der Waals surface area (Å²) < 4.78 is 0. The van der Waals surface area contributed by atoms with Gasteiger partial charge in [0, 0.05) is 11.1 Å². The van der Waals surface area contributed by atoms with Crippen LogP contribution in [0.5, 0.6) is 0 Å². The van der Waals surface area contributed by atoms with Crippen molar-refractivity contribution in [3.8, 4) is 0 Å². The number of aliphatic carboxylic acids is 1. The van der Waals surface area contributed by atoms with E-state index in [0.717, 1.165) is 16.2 Å². The predicted molar refractivity (Wildman–Crippen MR) is 90.8 cm³/mol. The van der Waals surface area contributed by atoms with Crippen LogP contribution in [0, 0.1) is 0 Å². The molecule has 1 fully saturated rings. The van der Waals surface area contributed by atoms with Crippen molar-refractivity contribution >= 4 is 51.7 Å². The number of nitrogens with one attached hydrogen (secondary N) is 1. The molecule has 0 bridgehead atoms. The van der Waals surface area contributed by atoms with Gasteiger partial charge in [-0.1, -0.05) is 5.16 Å². The van der Waals surface area contributed by atoms with Gasteiger partial charge in [-0.25, -0.2) is 9.78 Å². The Bertz CT molecular complexity index is 804. The first-order valence-electron chi connectivity index (χ1n) is 6.95. The zero-order valence-corrected chi connectivity index (χ0v) is 14.5. The van der Waals surface area contributed by atoms with E-state index >= 15 is 0 Å². The lowest BCUT2D eigenvalue weighted by atomic mass is 10.0. The fraction of sp³-hybridized carbons (Fsp3) is 0.308. The molecular weight excluding hydrogens is 370 g/mol. The minimum atomic E-state index is -1.18. The number of nitrogen functional groups attached to an aromatic ring is 1. The number of hydrogen-bond donors (Lipinski definition) is 3. The Kier molecular flexibility index (Phi) is 4.63. The number of nitrogens with two attached hydrogens (primary N) is 1. The van der Waals surface area contributed by atoms with Crippen LogP contribution in [0.2, 0.25) is 0 Å². The summed E-state index contributed by atoms with van der Waals surface area (Å²) in [7, 11) is 1.28. The predicted octanol–water partition coefficient (Wildman–Crippen LogP) is -0.556. The second kappa shape index (κ2) is 6.72. The lowest BCUT2D eigenvalue weighted by Crippen LogP contribution is -2.70. The monoisotopic (exact) mass is 383 g/mol. The van der Waals surface area contributed by atoms with Gasteiger partial charge in [-0.3, -0.25) is 14.5 Å². The standard InChI is InChI=1S/C13H13N5O5S2/c1-23-17-7(5-4-25-13(14)15-5)9(19)16-8-10(20)18-6(12(21)22)2-3-24-11(8)18/h2,4,8,11H,3H2,1H3,(H2,14,15)(H,16,19)(H,21,22)/b17-7-/t8?,11-/m0/s1. The van der Waals surface area contributed by atoms with Crippen LogP contribution in [-0.4, -0.2) is 62.8 Å². The molecule has 1 unspecified atom stereocenters. The SMILES string of the molecule is CO/N=C(\C(=O)NC1C(=O)N2C(C(=O)O)=CCS[C@@H]12)c1csc(N)n1. The molecule has 0 saturated carbocycles. The zero-order chi connectivity index (χ0) is 18.1. The van der Waals surface area contributed by atoms with Gasteiger partial charge in [-0.05, 0) is 6.08 Å². The Labute approximate surface area is 149 Å². The summed E-state index contributed by atoms with van der Waals surface area (Å²) in [5.74, 6) is -1.89. The van der Waals surface area contributed by atoms with E-state index in [9.17, 15) is 14.4 Å². The van der Waals surface area contributed by atoms with Crippen LogP contribution in [0.4, 0.5) is 5.13 Å². The number of thioether (sulfide) groups is 1. The first-order valence-corrected chi connectivity index (χ1v) is 8.88. The number of fused-ring (bicyclic) bond motifs is 1. The Hall–Kier alpha value is -2.60. The van der Waals surface area contributed by atoms with Gasteiger partial charge in [0.2, 0.25) is 0 Å². The van der Waals surface area contributed by atoms with Gasteiger partial charge < -0.3 is 21.0 Å². The molecule has 0 aliphatic carbocycles. The second-order valence-corrected chi connectivity index (χ2v) is 7.01. The average Bonchev–Trinajstić information content (AvgIpc) is 3.02. The molecule has 0 spiro atoms. The highest BCUT2D eigenvalue weighted by Crippen LogP contribution is 2.37. The molecular formula is C13H13N5O5S2. The Morgan fingerprint density at radius 2 is 2.32 bits per heavy atom. The molecule has 2 aliphatic heterocycles. The molecule has 1 aromatic rings. The highest BCUT2D eigenvalue weighted by atomic mass is 32.2. The normalized spacial score (nSPS) is 22.6. The molecule has 4 N–H and O–H groups in total. The van der Waals surface area contributed by atoms with E-state index in [0.29, 0.717) is 5.75 Å². The number of hydrogen-bond acceptors (Lipinski definition) is 9. The van der Waals surface area contributed by atoms with Crippen LogP contribution >= 0.6 is 23.1 Å². The van der Waals surface area contributed by atoms with E-state index in [1.165, 1.54) is 24.9 Å². The molecule has 10 nitrogen and oxygen atoms in total. The molecule has 1 saturated heterocycles. The Morgan fingerprint density at radius 1 is 1.56 bits per heavy atom. The molecule has 2 amide bonds. The summed E-state index contributed by atoms with van der Waals surface area (Å²) >= 11 is 2.49. The highest BCUT2D eigenvalue weighted by Gasteiger charge is 2.53. The number of anilines is 1. The van der Waals surface area contributed by atoms with Crippen LogP contribution < -0.4 is 11.1 Å². The maximum atomic E-state index is 12.5. The van der Waals surface area contributed by atoms with Crippen molar-refractivity contribution in [2.75, 3.05) is 18.6 Å². The van der Waals surface area contributed by atoms with Crippen molar-refractivity contribution in [2.45, 2.75) is 11.4 Å². The van der Waals surface area contributed by atoms with E-state index in [4.69, 9.17) is 10.8 Å². The van der Waals surface area contributed by atoms with Gasteiger partial charge in [0.15, 0.2) is 10.8 Å². The number of β-lactam (4-membered cyclic amide) rings is 1. The van der Waals surface area contributed by atoms with Gasteiger partial charge >= 0.3 is 5.97 Å². The fourth-order valence-electron chi connectivity index (χ4n) is 2.44. The number of carbonyl (C=O) groups excluding carboxylic acids is 2. The van der Waals surface area contributed by atoms with Crippen molar-refractivity contribution in [3.05, 3.63) is 22.8 Å². The van der Waals surface area contributed by atoms with Gasteiger partial charge in [-0.15, -0.1) is 23.1 Å². The van der Waals surface area contributed by atoms with Crippen molar-refractivity contribution in [1.82, 2.24) is 15.2 Å². The maximum Gasteiger partial charge on any atom is 0.352 e. The molecule has 3 heterocycles. The third kappa shape index (κ3) is 3.05. The van der Waals surface area contributed by atoms with E-state index in [-0.39, 0.29) is 22.2 Å². The molecule has 2 aliphatic rings. The Balaban J connectivity index is 1.75. The number of thiazole rings is 1. The average molecular weight is 383 g/mol. The van der Waals surface area contributed by atoms with Crippen molar-refractivity contribution < 1.29 is 24.3 Å². The summed E-state index contributed by atoms with van der Waals surface area (Å²) in [6.45, 7) is 0. The van der Waals surface area contributed by atoms with Crippen LogP contribution in [0.25, 0.3) is 0 Å². The molecule has 12 heteroatoms. The largest absolute Gasteiger partial charge is 0.477 e. The molecule has 0 aromatic carbocycles. The van der Waals surface area contributed by atoms with Crippen LogP contribution in [-0.2, 0) is 19.2 Å². The lowest BCUT2D eigenvalue weighted by Gasteiger charge is -2.48. The van der Waals surface area contributed by atoms with Gasteiger partial charge in [0.25, 0.3) is 11.8 Å². The van der Waals surface area contributed by atoms with E-state index in [1.807, 2.05) is 0 Å². The van der Waals surface area contributed by atoms with Gasteiger partial charge in [0.1, 0.15) is 29.9 Å². The van der Waals surface area contributed by atoms with Gasteiger partial charge in [0.05, 0.1) is 0 Å². The summed E-state index contributed by atoms with van der Waals surface area (Å²) in [5, 5.41) is 16.7. The molecule has 2 atom stereocenters. The quantitative estimate of drug-likeness (QED) is 0.348. The minimum Gasteiger partial charge on any atom is -0.477 e. The third-order valence-electron chi connectivity index (χ3n) is 3.51. The number of carboxylic acids is 1.